The zero-order valence-corrected chi connectivity index (χ0v) is 22.0. The van der Waals surface area contributed by atoms with E-state index in [9.17, 15) is 9.59 Å². The van der Waals surface area contributed by atoms with Crippen LogP contribution in [0.1, 0.15) is 23.4 Å². The first kappa shape index (κ1) is 24.1. The predicted molar refractivity (Wildman–Crippen MR) is 137 cm³/mol. The SMILES string of the molecule is Cc1nnc(SCCN2C(N3CCC(Cc4ccccc4)CC3)=NC3C2C(=O)N(C)C(=O)N3C)s1. The Morgan fingerprint density at radius 2 is 1.83 bits per heavy atom. The van der Waals surface area contributed by atoms with E-state index in [1.54, 1.807) is 42.1 Å². The summed E-state index contributed by atoms with van der Waals surface area (Å²) in [6.07, 6.45) is 2.77. The van der Waals surface area contributed by atoms with Gasteiger partial charge in [-0.2, -0.15) is 0 Å². The van der Waals surface area contributed by atoms with Crippen molar-refractivity contribution in [2.75, 3.05) is 39.5 Å². The largest absolute Gasteiger partial charge is 0.343 e. The average Bonchev–Trinajstić information content (AvgIpc) is 3.46. The molecule has 4 heterocycles. The van der Waals surface area contributed by atoms with Crippen LogP contribution in [0.25, 0.3) is 0 Å². The van der Waals surface area contributed by atoms with Crippen molar-refractivity contribution >= 4 is 41.0 Å². The van der Waals surface area contributed by atoms with Crippen molar-refractivity contribution in [2.24, 2.45) is 10.9 Å². The third-order valence-electron chi connectivity index (χ3n) is 7.02. The summed E-state index contributed by atoms with van der Waals surface area (Å²) < 4.78 is 0.929. The number of carbonyl (C=O) groups excluding carboxylic acids is 2. The van der Waals surface area contributed by atoms with Crippen molar-refractivity contribution in [3.8, 4) is 0 Å². The lowest BCUT2D eigenvalue weighted by Gasteiger charge is -2.41. The van der Waals surface area contributed by atoms with E-state index in [0.29, 0.717) is 12.5 Å². The van der Waals surface area contributed by atoms with Crippen LogP contribution >= 0.6 is 23.1 Å². The summed E-state index contributed by atoms with van der Waals surface area (Å²) in [6.45, 7) is 4.39. The maximum absolute atomic E-state index is 13.2. The minimum absolute atomic E-state index is 0.187. The summed E-state index contributed by atoms with van der Waals surface area (Å²) in [5, 5.41) is 9.24. The van der Waals surface area contributed by atoms with Gasteiger partial charge in [0.1, 0.15) is 5.01 Å². The number of likely N-dealkylation sites (tertiary alicyclic amines) is 1. The first-order valence-electron chi connectivity index (χ1n) is 12.0. The molecule has 2 atom stereocenters. The minimum atomic E-state index is -0.489. The average molecular weight is 514 g/mol. The van der Waals surface area contributed by atoms with Crippen LogP contribution in [0.2, 0.25) is 0 Å². The second-order valence-electron chi connectivity index (χ2n) is 9.33. The van der Waals surface area contributed by atoms with Gasteiger partial charge in [-0.1, -0.05) is 53.4 Å². The lowest BCUT2D eigenvalue weighted by molar-refractivity contribution is -0.136. The zero-order chi connectivity index (χ0) is 24.5. The number of amides is 3. The molecule has 1 aromatic carbocycles. The van der Waals surface area contributed by atoms with Gasteiger partial charge in [-0.25, -0.2) is 9.79 Å². The van der Waals surface area contributed by atoms with Crippen LogP contribution in [0.3, 0.4) is 0 Å². The van der Waals surface area contributed by atoms with E-state index in [-0.39, 0.29) is 11.9 Å². The number of aromatic nitrogens is 2. The number of thioether (sulfide) groups is 1. The summed E-state index contributed by atoms with van der Waals surface area (Å²) in [4.78, 5) is 38.0. The first-order chi connectivity index (χ1) is 16.9. The fourth-order valence-corrected chi connectivity index (χ4v) is 6.93. The lowest BCUT2D eigenvalue weighted by Crippen LogP contribution is -2.64. The molecule has 186 valence electrons. The van der Waals surface area contributed by atoms with Gasteiger partial charge in [-0.3, -0.25) is 9.69 Å². The van der Waals surface area contributed by atoms with Crippen LogP contribution < -0.4 is 0 Å². The summed E-state index contributed by atoms with van der Waals surface area (Å²) in [6, 6.07) is 9.87. The third kappa shape index (κ3) is 4.88. The van der Waals surface area contributed by atoms with E-state index in [4.69, 9.17) is 4.99 Å². The zero-order valence-electron chi connectivity index (χ0n) is 20.3. The smallest absolute Gasteiger partial charge is 0.328 e. The number of hydrogen-bond acceptors (Lipinski definition) is 9. The highest BCUT2D eigenvalue weighted by atomic mass is 32.2. The quantitative estimate of drug-likeness (QED) is 0.549. The van der Waals surface area contributed by atoms with E-state index in [1.165, 1.54) is 10.5 Å². The van der Waals surface area contributed by atoms with Crippen LogP contribution in [0.15, 0.2) is 39.7 Å². The number of carbonyl (C=O) groups is 2. The molecule has 0 saturated carbocycles. The normalized spacial score (nSPS) is 23.2. The Hall–Kier alpha value is -2.66. The van der Waals surface area contributed by atoms with E-state index < -0.39 is 12.2 Å². The number of benzene rings is 1. The van der Waals surface area contributed by atoms with Gasteiger partial charge in [0, 0.05) is 39.5 Å². The van der Waals surface area contributed by atoms with Gasteiger partial charge in [-0.15, -0.1) is 10.2 Å². The molecule has 0 aliphatic carbocycles. The number of likely N-dealkylation sites (N-methyl/N-ethyl adjacent to an activating group) is 2. The number of rotatable bonds is 6. The van der Waals surface area contributed by atoms with Gasteiger partial charge in [0.15, 0.2) is 22.5 Å². The van der Waals surface area contributed by atoms with E-state index in [1.807, 2.05) is 6.92 Å². The molecule has 2 aromatic rings. The molecule has 2 unspecified atom stereocenters. The van der Waals surface area contributed by atoms with E-state index in [0.717, 1.165) is 53.4 Å². The Balaban J connectivity index is 1.30. The molecule has 5 rings (SSSR count). The van der Waals surface area contributed by atoms with Crippen LogP contribution in [-0.4, -0.2) is 99.4 Å². The van der Waals surface area contributed by atoms with Gasteiger partial charge in [0.2, 0.25) is 0 Å². The highest BCUT2D eigenvalue weighted by Crippen LogP contribution is 2.31. The molecule has 0 bridgehead atoms. The minimum Gasteiger partial charge on any atom is -0.343 e. The number of imide groups is 1. The number of fused-ring (bicyclic) bond motifs is 1. The maximum Gasteiger partial charge on any atom is 0.328 e. The van der Waals surface area contributed by atoms with Gasteiger partial charge >= 0.3 is 6.03 Å². The number of guanidine groups is 1. The van der Waals surface area contributed by atoms with E-state index in [2.05, 4.69) is 50.3 Å². The Morgan fingerprint density at radius 1 is 1.09 bits per heavy atom. The molecule has 3 aliphatic heterocycles. The first-order valence-corrected chi connectivity index (χ1v) is 13.8. The summed E-state index contributed by atoms with van der Waals surface area (Å²) in [5.74, 6) is 2.05. The number of piperidine rings is 1. The molecule has 11 heteroatoms. The Morgan fingerprint density at radius 3 is 2.51 bits per heavy atom. The molecule has 0 radical (unpaired) electrons. The van der Waals surface area contributed by atoms with Crippen molar-refractivity contribution in [1.82, 2.24) is 29.8 Å². The van der Waals surface area contributed by atoms with Gasteiger partial charge in [0.05, 0.1) is 0 Å². The molecule has 3 aliphatic rings. The molecule has 2 fully saturated rings. The molecule has 3 amide bonds. The monoisotopic (exact) mass is 513 g/mol. The highest BCUT2D eigenvalue weighted by molar-refractivity contribution is 8.01. The maximum atomic E-state index is 13.2. The van der Waals surface area contributed by atoms with E-state index >= 15 is 0 Å². The fourth-order valence-electron chi connectivity index (χ4n) is 5.11. The fraction of sp³-hybridized carbons (Fsp3) is 0.542. The Bertz CT molecular complexity index is 1100. The second-order valence-corrected chi connectivity index (χ2v) is 11.9. The van der Waals surface area contributed by atoms with Crippen molar-refractivity contribution in [3.63, 3.8) is 0 Å². The Labute approximate surface area is 214 Å². The Kier molecular flexibility index (Phi) is 6.97. The van der Waals surface area contributed by atoms with Gasteiger partial charge in [0.25, 0.3) is 5.91 Å². The number of hydrogen-bond donors (Lipinski definition) is 0. The molecule has 2 saturated heterocycles. The second kappa shape index (κ2) is 10.1. The number of urea groups is 1. The van der Waals surface area contributed by atoms with Crippen molar-refractivity contribution < 1.29 is 9.59 Å². The van der Waals surface area contributed by atoms with Crippen molar-refractivity contribution in [3.05, 3.63) is 40.9 Å². The lowest BCUT2D eigenvalue weighted by atomic mass is 9.90. The summed E-state index contributed by atoms with van der Waals surface area (Å²) in [5.41, 5.74) is 1.38. The highest BCUT2D eigenvalue weighted by Gasteiger charge is 2.52. The van der Waals surface area contributed by atoms with Crippen LogP contribution in [0, 0.1) is 12.8 Å². The van der Waals surface area contributed by atoms with Gasteiger partial charge in [-0.05, 0) is 37.7 Å². The number of aryl methyl sites for hydroxylation is 1. The predicted octanol–water partition coefficient (Wildman–Crippen LogP) is 2.78. The van der Waals surface area contributed by atoms with Crippen molar-refractivity contribution in [2.45, 2.75) is 42.7 Å². The van der Waals surface area contributed by atoms with Crippen LogP contribution in [0.4, 0.5) is 4.79 Å². The molecular formula is C24H31N7O2S2. The molecule has 0 N–H and O–H groups in total. The summed E-state index contributed by atoms with van der Waals surface area (Å²) >= 11 is 3.22. The summed E-state index contributed by atoms with van der Waals surface area (Å²) in [7, 11) is 3.29. The molecule has 35 heavy (non-hydrogen) atoms. The van der Waals surface area contributed by atoms with Crippen LogP contribution in [-0.2, 0) is 11.2 Å². The molecule has 0 spiro atoms. The number of nitrogens with zero attached hydrogens (tertiary/aromatic N) is 7. The van der Waals surface area contributed by atoms with Gasteiger partial charge < -0.3 is 14.7 Å². The van der Waals surface area contributed by atoms with Crippen LogP contribution in [0.5, 0.6) is 0 Å². The number of aliphatic imine (C=N–C) groups is 1. The third-order valence-corrected chi connectivity index (χ3v) is 8.97. The topological polar surface area (TPSA) is 85.2 Å². The van der Waals surface area contributed by atoms with Crippen molar-refractivity contribution in [1.29, 1.82) is 0 Å². The molecule has 1 aromatic heterocycles. The standard InChI is InChI=1S/C24H31N7O2S2/c1-16-26-27-23(35-16)34-14-13-31-19-20(28(2)24(33)29(3)21(19)32)25-22(31)30-11-9-18(10-12-30)15-17-7-5-4-6-8-17/h4-8,18-20H,9-15H2,1-3H3. The molecule has 9 nitrogen and oxygen atoms in total. The molecular weight excluding hydrogens is 482 g/mol.